The maximum atomic E-state index is 8.86. The molecular weight excluding hydrogens is 200 g/mol. The maximum Gasteiger partial charge on any atom is 0.142 e. The molecule has 0 saturated heterocycles. The summed E-state index contributed by atoms with van der Waals surface area (Å²) in [6, 6.07) is 7.93. The number of hydrogen-bond acceptors (Lipinski definition) is 3. The molecule has 16 heavy (non-hydrogen) atoms. The molecule has 0 aliphatic rings. The Morgan fingerprint density at radius 1 is 1.44 bits per heavy atom. The first kappa shape index (κ1) is 12.4. The molecule has 0 aromatic heterocycles. The van der Waals surface area contributed by atoms with E-state index in [2.05, 4.69) is 6.07 Å². The summed E-state index contributed by atoms with van der Waals surface area (Å²) in [7, 11) is 0. The lowest BCUT2D eigenvalue weighted by atomic mass is 9.92. The highest BCUT2D eigenvalue weighted by Crippen LogP contribution is 2.24. The highest BCUT2D eigenvalue weighted by Gasteiger charge is 2.16. The van der Waals surface area contributed by atoms with E-state index in [1.165, 1.54) is 0 Å². The molecule has 86 valence electrons. The number of nitrogens with two attached hydrogens (primary N) is 1. The SMILES string of the molecule is Cc1ccc(N)c(OCCC(C)(C)C#N)c1. The van der Waals surface area contributed by atoms with Crippen LogP contribution in [0.4, 0.5) is 5.69 Å². The molecule has 0 aliphatic heterocycles. The number of anilines is 1. The summed E-state index contributed by atoms with van der Waals surface area (Å²) in [5.41, 5.74) is 7.19. The van der Waals surface area contributed by atoms with Gasteiger partial charge in [0, 0.05) is 0 Å². The Kier molecular flexibility index (Phi) is 3.78. The fourth-order valence-corrected chi connectivity index (χ4v) is 1.24. The quantitative estimate of drug-likeness (QED) is 0.790. The summed E-state index contributed by atoms with van der Waals surface area (Å²) in [4.78, 5) is 0. The lowest BCUT2D eigenvalue weighted by Gasteiger charge is -2.16. The molecule has 2 N–H and O–H groups in total. The molecule has 0 aliphatic carbocycles. The Morgan fingerprint density at radius 3 is 2.75 bits per heavy atom. The number of aryl methyl sites for hydroxylation is 1. The molecule has 0 heterocycles. The van der Waals surface area contributed by atoms with Crippen molar-refractivity contribution in [3.05, 3.63) is 23.8 Å². The van der Waals surface area contributed by atoms with Crippen LogP contribution in [-0.2, 0) is 0 Å². The van der Waals surface area contributed by atoms with E-state index >= 15 is 0 Å². The Morgan fingerprint density at radius 2 is 2.12 bits per heavy atom. The topological polar surface area (TPSA) is 59.0 Å². The van der Waals surface area contributed by atoms with Gasteiger partial charge in [-0.3, -0.25) is 0 Å². The minimum Gasteiger partial charge on any atom is -0.491 e. The number of nitriles is 1. The van der Waals surface area contributed by atoms with Crippen molar-refractivity contribution in [2.24, 2.45) is 5.41 Å². The van der Waals surface area contributed by atoms with Gasteiger partial charge in [0.05, 0.1) is 23.8 Å². The summed E-state index contributed by atoms with van der Waals surface area (Å²) in [6.45, 7) is 6.30. The van der Waals surface area contributed by atoms with Crippen LogP contribution in [0, 0.1) is 23.7 Å². The fourth-order valence-electron chi connectivity index (χ4n) is 1.24. The fraction of sp³-hybridized carbons (Fsp3) is 0.462. The maximum absolute atomic E-state index is 8.86. The van der Waals surface area contributed by atoms with E-state index < -0.39 is 0 Å². The molecule has 0 bridgehead atoms. The van der Waals surface area contributed by atoms with Crippen LogP contribution < -0.4 is 10.5 Å². The van der Waals surface area contributed by atoms with Crippen LogP contribution >= 0.6 is 0 Å². The van der Waals surface area contributed by atoms with Crippen LogP contribution in [0.25, 0.3) is 0 Å². The van der Waals surface area contributed by atoms with Crippen molar-refractivity contribution in [1.29, 1.82) is 5.26 Å². The predicted molar refractivity (Wildman–Crippen MR) is 65.1 cm³/mol. The zero-order chi connectivity index (χ0) is 12.2. The molecule has 0 amide bonds. The van der Waals surface area contributed by atoms with Gasteiger partial charge >= 0.3 is 0 Å². The molecule has 1 aromatic carbocycles. The van der Waals surface area contributed by atoms with Gasteiger partial charge in [-0.2, -0.15) is 5.26 Å². The van der Waals surface area contributed by atoms with Gasteiger partial charge in [0.15, 0.2) is 0 Å². The highest BCUT2D eigenvalue weighted by molar-refractivity contribution is 5.53. The summed E-state index contributed by atoms with van der Waals surface area (Å²) < 4.78 is 5.58. The molecular formula is C13H18N2O. The smallest absolute Gasteiger partial charge is 0.142 e. The molecule has 1 aromatic rings. The van der Waals surface area contributed by atoms with Gasteiger partial charge in [0.1, 0.15) is 5.75 Å². The first-order valence-corrected chi connectivity index (χ1v) is 5.35. The third-order valence-electron chi connectivity index (χ3n) is 2.46. The average Bonchev–Trinajstić information content (AvgIpc) is 2.23. The first-order valence-electron chi connectivity index (χ1n) is 5.35. The summed E-state index contributed by atoms with van der Waals surface area (Å²) in [5.74, 6) is 0.703. The second-order valence-electron chi connectivity index (χ2n) is 4.64. The Bertz CT molecular complexity index is 405. The summed E-state index contributed by atoms with van der Waals surface area (Å²) in [6.07, 6.45) is 0.691. The van der Waals surface area contributed by atoms with Gasteiger partial charge in [-0.15, -0.1) is 0 Å². The van der Waals surface area contributed by atoms with E-state index in [9.17, 15) is 0 Å². The molecule has 1 rings (SSSR count). The van der Waals surface area contributed by atoms with Crippen molar-refractivity contribution in [3.63, 3.8) is 0 Å². The summed E-state index contributed by atoms with van der Waals surface area (Å²) in [5, 5.41) is 8.86. The van der Waals surface area contributed by atoms with Crippen molar-refractivity contribution in [2.45, 2.75) is 27.2 Å². The van der Waals surface area contributed by atoms with E-state index in [0.717, 1.165) is 5.56 Å². The second kappa shape index (κ2) is 4.89. The average molecular weight is 218 g/mol. The van der Waals surface area contributed by atoms with E-state index in [-0.39, 0.29) is 5.41 Å². The number of nitrogens with zero attached hydrogens (tertiary/aromatic N) is 1. The lowest BCUT2D eigenvalue weighted by molar-refractivity contribution is 0.265. The van der Waals surface area contributed by atoms with Crippen LogP contribution in [-0.4, -0.2) is 6.61 Å². The monoisotopic (exact) mass is 218 g/mol. The van der Waals surface area contributed by atoms with Crippen molar-refractivity contribution >= 4 is 5.69 Å². The standard InChI is InChI=1S/C13H18N2O/c1-10-4-5-11(15)12(8-10)16-7-6-13(2,3)9-14/h4-5,8H,6-7,15H2,1-3H3. The van der Waals surface area contributed by atoms with Gasteiger partial charge in [-0.1, -0.05) is 6.07 Å². The number of ether oxygens (including phenoxy) is 1. The highest BCUT2D eigenvalue weighted by atomic mass is 16.5. The van der Waals surface area contributed by atoms with Crippen LogP contribution in [0.1, 0.15) is 25.8 Å². The van der Waals surface area contributed by atoms with E-state index in [0.29, 0.717) is 24.5 Å². The second-order valence-corrected chi connectivity index (χ2v) is 4.64. The first-order chi connectivity index (χ1) is 7.44. The Labute approximate surface area is 96.8 Å². The van der Waals surface area contributed by atoms with E-state index in [4.69, 9.17) is 15.7 Å². The minimum absolute atomic E-state index is 0.349. The molecule has 0 radical (unpaired) electrons. The normalized spacial score (nSPS) is 10.9. The summed E-state index contributed by atoms with van der Waals surface area (Å²) >= 11 is 0. The number of hydrogen-bond donors (Lipinski definition) is 1. The largest absolute Gasteiger partial charge is 0.491 e. The van der Waals surface area contributed by atoms with Crippen molar-refractivity contribution in [1.82, 2.24) is 0 Å². The van der Waals surface area contributed by atoms with Crippen LogP contribution in [0.5, 0.6) is 5.75 Å². The van der Waals surface area contributed by atoms with E-state index in [1.807, 2.05) is 39.0 Å². The zero-order valence-corrected chi connectivity index (χ0v) is 10.1. The minimum atomic E-state index is -0.349. The van der Waals surface area contributed by atoms with Gasteiger partial charge in [0.2, 0.25) is 0 Å². The molecule has 3 heteroatoms. The van der Waals surface area contributed by atoms with Crippen molar-refractivity contribution < 1.29 is 4.74 Å². The molecule has 3 nitrogen and oxygen atoms in total. The van der Waals surface area contributed by atoms with Gasteiger partial charge in [-0.05, 0) is 44.9 Å². The van der Waals surface area contributed by atoms with E-state index in [1.54, 1.807) is 0 Å². The number of rotatable bonds is 4. The molecule has 0 fully saturated rings. The molecule has 0 saturated carbocycles. The van der Waals surface area contributed by atoms with Crippen LogP contribution in [0.3, 0.4) is 0 Å². The van der Waals surface area contributed by atoms with Crippen LogP contribution in [0.2, 0.25) is 0 Å². The molecule has 0 unspecified atom stereocenters. The lowest BCUT2D eigenvalue weighted by Crippen LogP contribution is -2.13. The molecule has 0 spiro atoms. The van der Waals surface area contributed by atoms with Crippen molar-refractivity contribution in [3.8, 4) is 11.8 Å². The third-order valence-corrected chi connectivity index (χ3v) is 2.46. The zero-order valence-electron chi connectivity index (χ0n) is 10.1. The number of nitrogen functional groups attached to an aromatic ring is 1. The Hall–Kier alpha value is -1.69. The third kappa shape index (κ3) is 3.47. The van der Waals surface area contributed by atoms with Gasteiger partial charge in [0.25, 0.3) is 0 Å². The molecule has 0 atom stereocenters. The van der Waals surface area contributed by atoms with Gasteiger partial charge < -0.3 is 10.5 Å². The van der Waals surface area contributed by atoms with Crippen LogP contribution in [0.15, 0.2) is 18.2 Å². The predicted octanol–water partition coefficient (Wildman–Crippen LogP) is 2.90. The number of benzene rings is 1. The Balaban J connectivity index is 2.56. The van der Waals surface area contributed by atoms with Gasteiger partial charge in [-0.25, -0.2) is 0 Å². The van der Waals surface area contributed by atoms with Crippen molar-refractivity contribution in [2.75, 3.05) is 12.3 Å².